The molecule has 136 valence electrons. The first-order chi connectivity index (χ1) is 13.2. The van der Waals surface area contributed by atoms with Crippen LogP contribution in [0, 0.1) is 6.92 Å². The van der Waals surface area contributed by atoms with Crippen LogP contribution in [-0.2, 0) is 0 Å². The normalized spacial score (nSPS) is 10.8. The summed E-state index contributed by atoms with van der Waals surface area (Å²) in [6.45, 7) is 2.05. The van der Waals surface area contributed by atoms with Crippen LogP contribution in [0.5, 0.6) is 11.5 Å². The first kappa shape index (κ1) is 16.8. The zero-order chi connectivity index (χ0) is 18.8. The summed E-state index contributed by atoms with van der Waals surface area (Å²) in [5, 5.41) is 7.70. The molecular formula is C20H19N5O2. The number of methoxy groups -OCH3 is 2. The molecule has 7 nitrogen and oxygen atoms in total. The van der Waals surface area contributed by atoms with Crippen molar-refractivity contribution < 1.29 is 9.47 Å². The third-order valence-corrected chi connectivity index (χ3v) is 4.19. The molecule has 2 heterocycles. The van der Waals surface area contributed by atoms with E-state index in [9.17, 15) is 0 Å². The van der Waals surface area contributed by atoms with E-state index in [1.54, 1.807) is 31.1 Å². The Balaban J connectivity index is 1.72. The van der Waals surface area contributed by atoms with E-state index in [1.807, 2.05) is 30.3 Å². The van der Waals surface area contributed by atoms with E-state index in [0.29, 0.717) is 23.1 Å². The summed E-state index contributed by atoms with van der Waals surface area (Å²) in [5.41, 5.74) is 4.42. The second kappa shape index (κ2) is 6.95. The Morgan fingerprint density at radius 3 is 2.33 bits per heavy atom. The van der Waals surface area contributed by atoms with E-state index in [1.165, 1.54) is 5.56 Å². The van der Waals surface area contributed by atoms with Crippen molar-refractivity contribution in [2.75, 3.05) is 19.5 Å². The quantitative estimate of drug-likeness (QED) is 0.582. The van der Waals surface area contributed by atoms with Gasteiger partial charge in [-0.15, -0.1) is 5.10 Å². The summed E-state index contributed by atoms with van der Waals surface area (Å²) in [7, 11) is 3.22. The number of hydrogen-bond acceptors (Lipinski definition) is 6. The molecule has 0 amide bonds. The van der Waals surface area contributed by atoms with Crippen LogP contribution in [0.25, 0.3) is 16.9 Å². The Morgan fingerprint density at radius 2 is 1.67 bits per heavy atom. The minimum atomic E-state index is 0.465. The van der Waals surface area contributed by atoms with Gasteiger partial charge in [-0.05, 0) is 6.92 Å². The highest BCUT2D eigenvalue weighted by atomic mass is 16.5. The van der Waals surface area contributed by atoms with Crippen molar-refractivity contribution in [3.05, 3.63) is 60.4 Å². The zero-order valence-electron chi connectivity index (χ0n) is 15.3. The highest BCUT2D eigenvalue weighted by molar-refractivity contribution is 5.74. The van der Waals surface area contributed by atoms with Gasteiger partial charge in [0.05, 0.1) is 14.2 Å². The molecule has 0 bridgehead atoms. The summed E-state index contributed by atoms with van der Waals surface area (Å²) in [6.07, 6.45) is 3.49. The molecule has 0 saturated carbocycles. The molecule has 0 aliphatic heterocycles. The van der Waals surface area contributed by atoms with Crippen molar-refractivity contribution in [3.63, 3.8) is 0 Å². The van der Waals surface area contributed by atoms with Crippen LogP contribution in [0.3, 0.4) is 0 Å². The van der Waals surface area contributed by atoms with E-state index in [4.69, 9.17) is 9.47 Å². The number of aromatic nitrogens is 4. The highest BCUT2D eigenvalue weighted by Gasteiger charge is 2.12. The monoisotopic (exact) mass is 361 g/mol. The van der Waals surface area contributed by atoms with Gasteiger partial charge in [0.2, 0.25) is 5.95 Å². The molecule has 0 saturated heterocycles. The molecule has 0 spiro atoms. The van der Waals surface area contributed by atoms with Crippen LogP contribution in [0.1, 0.15) is 5.56 Å². The molecule has 0 radical (unpaired) electrons. The Bertz CT molecular complexity index is 1070. The largest absolute Gasteiger partial charge is 0.497 e. The maximum atomic E-state index is 5.30. The summed E-state index contributed by atoms with van der Waals surface area (Å²) < 4.78 is 12.3. The Labute approximate surface area is 156 Å². The fourth-order valence-corrected chi connectivity index (χ4v) is 2.79. The molecule has 0 unspecified atom stereocenters. The minimum absolute atomic E-state index is 0.465. The second-order valence-electron chi connectivity index (χ2n) is 6.07. The second-order valence-corrected chi connectivity index (χ2v) is 6.07. The number of hydrogen-bond donors (Lipinski definition) is 1. The fourth-order valence-electron chi connectivity index (χ4n) is 2.79. The molecule has 4 rings (SSSR count). The van der Waals surface area contributed by atoms with Crippen LogP contribution in [0.4, 0.5) is 11.6 Å². The van der Waals surface area contributed by atoms with E-state index in [-0.39, 0.29) is 0 Å². The van der Waals surface area contributed by atoms with Crippen molar-refractivity contribution in [2.45, 2.75) is 6.92 Å². The molecule has 27 heavy (non-hydrogen) atoms. The van der Waals surface area contributed by atoms with E-state index < -0.39 is 0 Å². The van der Waals surface area contributed by atoms with Gasteiger partial charge in [-0.1, -0.05) is 29.8 Å². The Morgan fingerprint density at radius 1 is 0.963 bits per heavy atom. The van der Waals surface area contributed by atoms with Crippen molar-refractivity contribution in [1.29, 1.82) is 0 Å². The number of nitrogens with zero attached hydrogens (tertiary/aromatic N) is 4. The summed E-state index contributed by atoms with van der Waals surface area (Å²) in [6, 6.07) is 13.7. The summed E-state index contributed by atoms with van der Waals surface area (Å²) in [4.78, 5) is 9.11. The fraction of sp³-hybridized carbons (Fsp3) is 0.150. The SMILES string of the molecule is COc1cc(Nc2nc3c(-c4ccc(C)cc4)nccn3n2)cc(OC)c1. The third-order valence-electron chi connectivity index (χ3n) is 4.19. The molecule has 4 aromatic rings. The molecule has 0 aliphatic carbocycles. The van der Waals surface area contributed by atoms with Gasteiger partial charge < -0.3 is 14.8 Å². The lowest BCUT2D eigenvalue weighted by Crippen LogP contribution is -1.95. The van der Waals surface area contributed by atoms with E-state index in [0.717, 1.165) is 16.9 Å². The molecule has 2 aromatic carbocycles. The standard InChI is InChI=1S/C20H19N5O2/c1-13-4-6-14(7-5-13)18-19-23-20(24-25(19)9-8-21-18)22-15-10-16(26-2)12-17(11-15)27-3/h4-12H,1-3H3,(H,22,24). The van der Waals surface area contributed by atoms with Crippen LogP contribution in [0.15, 0.2) is 54.9 Å². The first-order valence-electron chi connectivity index (χ1n) is 8.45. The maximum Gasteiger partial charge on any atom is 0.247 e. The van der Waals surface area contributed by atoms with Crippen molar-refractivity contribution in [1.82, 2.24) is 19.6 Å². The highest BCUT2D eigenvalue weighted by Crippen LogP contribution is 2.28. The molecular weight excluding hydrogens is 342 g/mol. The molecule has 0 atom stereocenters. The van der Waals surface area contributed by atoms with Crippen LogP contribution in [-0.4, -0.2) is 33.8 Å². The Kier molecular flexibility index (Phi) is 4.33. The minimum Gasteiger partial charge on any atom is -0.497 e. The number of benzene rings is 2. The van der Waals surface area contributed by atoms with E-state index in [2.05, 4.69) is 39.4 Å². The number of anilines is 2. The van der Waals surface area contributed by atoms with Gasteiger partial charge in [0.25, 0.3) is 0 Å². The van der Waals surface area contributed by atoms with E-state index >= 15 is 0 Å². The molecule has 1 N–H and O–H groups in total. The number of fused-ring (bicyclic) bond motifs is 1. The Hall–Kier alpha value is -3.61. The lowest BCUT2D eigenvalue weighted by atomic mass is 10.1. The molecule has 0 fully saturated rings. The first-order valence-corrected chi connectivity index (χ1v) is 8.45. The van der Waals surface area contributed by atoms with Crippen molar-refractivity contribution >= 4 is 17.3 Å². The zero-order valence-corrected chi connectivity index (χ0v) is 15.3. The van der Waals surface area contributed by atoms with Gasteiger partial charge in [-0.2, -0.15) is 4.98 Å². The number of nitrogens with one attached hydrogen (secondary N) is 1. The van der Waals surface area contributed by atoms with Gasteiger partial charge in [0, 0.05) is 41.8 Å². The molecule has 7 heteroatoms. The predicted molar refractivity (Wildman–Crippen MR) is 104 cm³/mol. The maximum absolute atomic E-state index is 5.30. The summed E-state index contributed by atoms with van der Waals surface area (Å²) >= 11 is 0. The molecule has 2 aromatic heterocycles. The third kappa shape index (κ3) is 3.39. The smallest absolute Gasteiger partial charge is 0.247 e. The van der Waals surface area contributed by atoms with Gasteiger partial charge >= 0.3 is 0 Å². The lowest BCUT2D eigenvalue weighted by Gasteiger charge is -2.08. The van der Waals surface area contributed by atoms with Crippen LogP contribution in [0.2, 0.25) is 0 Å². The van der Waals surface area contributed by atoms with Crippen molar-refractivity contribution in [2.24, 2.45) is 0 Å². The average Bonchev–Trinajstić information content (AvgIpc) is 3.10. The van der Waals surface area contributed by atoms with Crippen LogP contribution < -0.4 is 14.8 Å². The number of aryl methyl sites for hydroxylation is 1. The van der Waals surface area contributed by atoms with Crippen molar-refractivity contribution in [3.8, 4) is 22.8 Å². The number of rotatable bonds is 5. The van der Waals surface area contributed by atoms with Gasteiger partial charge in [-0.3, -0.25) is 4.98 Å². The topological polar surface area (TPSA) is 73.6 Å². The van der Waals surface area contributed by atoms with Gasteiger partial charge in [0.1, 0.15) is 17.2 Å². The lowest BCUT2D eigenvalue weighted by molar-refractivity contribution is 0.395. The average molecular weight is 361 g/mol. The summed E-state index contributed by atoms with van der Waals surface area (Å²) in [5.74, 6) is 1.83. The van der Waals surface area contributed by atoms with Crippen LogP contribution >= 0.6 is 0 Å². The molecule has 0 aliphatic rings. The number of ether oxygens (including phenoxy) is 2. The predicted octanol–water partition coefficient (Wildman–Crippen LogP) is 3.86. The van der Waals surface area contributed by atoms with Gasteiger partial charge in [0.15, 0.2) is 5.65 Å². The van der Waals surface area contributed by atoms with Gasteiger partial charge in [-0.25, -0.2) is 4.52 Å².